The predicted molar refractivity (Wildman–Crippen MR) is 80.2 cm³/mol. The van der Waals surface area contributed by atoms with Crippen LogP contribution in [0.3, 0.4) is 0 Å². The van der Waals surface area contributed by atoms with E-state index in [2.05, 4.69) is 5.32 Å². The molecule has 0 amide bonds. The van der Waals surface area contributed by atoms with Crippen LogP contribution in [0.25, 0.3) is 0 Å². The summed E-state index contributed by atoms with van der Waals surface area (Å²) in [6.45, 7) is 5.38. The highest BCUT2D eigenvalue weighted by Gasteiger charge is 2.42. The van der Waals surface area contributed by atoms with Gasteiger partial charge in [-0.15, -0.1) is 11.3 Å². The Morgan fingerprint density at radius 3 is 3.05 bits per heavy atom. The summed E-state index contributed by atoms with van der Waals surface area (Å²) in [6, 6.07) is 1.84. The Bertz CT molecular complexity index is 591. The first-order valence-electron chi connectivity index (χ1n) is 7.00. The summed E-state index contributed by atoms with van der Waals surface area (Å²) in [5.41, 5.74) is 0.225. The molecule has 2 fully saturated rings. The van der Waals surface area contributed by atoms with Gasteiger partial charge in [-0.05, 0) is 23.9 Å². The van der Waals surface area contributed by atoms with E-state index < -0.39 is 15.6 Å². The first-order chi connectivity index (χ1) is 10.0. The number of nitrogens with zero attached hydrogens (tertiary/aromatic N) is 1. The molecule has 0 bridgehead atoms. The van der Waals surface area contributed by atoms with Gasteiger partial charge < -0.3 is 14.8 Å². The summed E-state index contributed by atoms with van der Waals surface area (Å²) in [5.74, 6) is 0. The lowest BCUT2D eigenvalue weighted by molar-refractivity contribution is -0.118. The maximum Gasteiger partial charge on any atom is 0.252 e. The molecular weight excluding hydrogens is 312 g/mol. The van der Waals surface area contributed by atoms with Gasteiger partial charge in [0.15, 0.2) is 0 Å². The lowest BCUT2D eigenvalue weighted by Gasteiger charge is -2.40. The van der Waals surface area contributed by atoms with E-state index in [0.29, 0.717) is 43.7 Å². The summed E-state index contributed by atoms with van der Waals surface area (Å²) >= 11 is 1.27. The van der Waals surface area contributed by atoms with Crippen molar-refractivity contribution < 1.29 is 17.9 Å². The van der Waals surface area contributed by atoms with E-state index in [1.165, 1.54) is 15.6 Å². The molecule has 3 heterocycles. The van der Waals surface area contributed by atoms with Crippen molar-refractivity contribution in [3.63, 3.8) is 0 Å². The van der Waals surface area contributed by atoms with Gasteiger partial charge in [0.2, 0.25) is 0 Å². The highest BCUT2D eigenvalue weighted by atomic mass is 32.2. The molecule has 1 atom stereocenters. The Labute approximate surface area is 129 Å². The van der Waals surface area contributed by atoms with Gasteiger partial charge in [-0.3, -0.25) is 0 Å². The molecule has 1 aromatic heterocycles. The van der Waals surface area contributed by atoms with Crippen LogP contribution in [0.5, 0.6) is 0 Å². The Hall–Kier alpha value is -0.510. The van der Waals surface area contributed by atoms with Crippen LogP contribution in [0.2, 0.25) is 0 Å². The third-order valence-electron chi connectivity index (χ3n) is 3.84. The summed E-state index contributed by atoms with van der Waals surface area (Å²) in [6.07, 6.45) is 0. The molecule has 0 unspecified atom stereocenters. The molecule has 2 aliphatic heterocycles. The number of thiophene rings is 1. The van der Waals surface area contributed by atoms with Gasteiger partial charge in [-0.1, -0.05) is 0 Å². The molecule has 2 saturated heterocycles. The van der Waals surface area contributed by atoms with Crippen molar-refractivity contribution >= 4 is 21.4 Å². The molecule has 6 nitrogen and oxygen atoms in total. The number of sulfonamides is 1. The second-order valence-corrected chi connectivity index (χ2v) is 8.54. The van der Waals surface area contributed by atoms with Crippen LogP contribution in [0, 0.1) is 6.92 Å². The van der Waals surface area contributed by atoms with Gasteiger partial charge in [0.25, 0.3) is 10.0 Å². The highest BCUT2D eigenvalue weighted by molar-refractivity contribution is 7.91. The Balaban J connectivity index is 1.84. The summed E-state index contributed by atoms with van der Waals surface area (Å²) in [4.78, 5) is 0. The smallest absolute Gasteiger partial charge is 0.252 e. The van der Waals surface area contributed by atoms with E-state index in [9.17, 15) is 8.42 Å². The number of ether oxygens (including phenoxy) is 2. The molecule has 0 radical (unpaired) electrons. The van der Waals surface area contributed by atoms with E-state index in [1.807, 2.05) is 18.4 Å². The van der Waals surface area contributed by atoms with Crippen molar-refractivity contribution in [2.24, 2.45) is 0 Å². The molecule has 0 aromatic carbocycles. The topological polar surface area (TPSA) is 67.9 Å². The van der Waals surface area contributed by atoms with Crippen molar-refractivity contribution in [3.8, 4) is 0 Å². The summed E-state index contributed by atoms with van der Waals surface area (Å²) in [7, 11) is -3.45. The van der Waals surface area contributed by atoms with E-state index >= 15 is 0 Å². The third-order valence-corrected chi connectivity index (χ3v) is 7.35. The van der Waals surface area contributed by atoms with Crippen LogP contribution >= 0.6 is 11.3 Å². The Morgan fingerprint density at radius 1 is 1.43 bits per heavy atom. The molecule has 2 aliphatic rings. The van der Waals surface area contributed by atoms with E-state index in [1.54, 1.807) is 0 Å². The number of aryl methyl sites for hydroxylation is 1. The van der Waals surface area contributed by atoms with Crippen molar-refractivity contribution in [1.82, 2.24) is 9.62 Å². The van der Waals surface area contributed by atoms with E-state index in [4.69, 9.17) is 9.47 Å². The minimum absolute atomic E-state index is 0.333. The van der Waals surface area contributed by atoms with Crippen LogP contribution in [0.4, 0.5) is 0 Å². The van der Waals surface area contributed by atoms with Gasteiger partial charge in [-0.25, -0.2) is 8.42 Å². The average Bonchev–Trinajstić information content (AvgIpc) is 2.78. The lowest BCUT2D eigenvalue weighted by atomic mass is 10.0. The molecule has 118 valence electrons. The highest BCUT2D eigenvalue weighted by Crippen LogP contribution is 2.29. The zero-order valence-electron chi connectivity index (χ0n) is 12.0. The van der Waals surface area contributed by atoms with Crippen LogP contribution in [0.15, 0.2) is 15.7 Å². The SMILES string of the molecule is Cc1ccsc1S(=O)(=O)N1CCO[C@@]2(CNCCOC2)C1. The van der Waals surface area contributed by atoms with Gasteiger partial charge in [0, 0.05) is 26.2 Å². The molecule has 0 saturated carbocycles. The maximum absolute atomic E-state index is 12.8. The first-order valence-corrected chi connectivity index (χ1v) is 9.32. The minimum Gasteiger partial charge on any atom is -0.377 e. The van der Waals surface area contributed by atoms with E-state index in [-0.39, 0.29) is 0 Å². The Morgan fingerprint density at radius 2 is 2.29 bits per heavy atom. The number of morpholine rings is 1. The van der Waals surface area contributed by atoms with Crippen LogP contribution in [-0.2, 0) is 19.5 Å². The average molecular weight is 332 g/mol. The molecular formula is C13H20N2O4S2. The summed E-state index contributed by atoms with van der Waals surface area (Å²) in [5, 5.41) is 5.07. The molecule has 21 heavy (non-hydrogen) atoms. The normalized spacial score (nSPS) is 28.6. The predicted octanol–water partition coefficient (Wildman–Crippen LogP) is 0.436. The third kappa shape index (κ3) is 3.01. The monoisotopic (exact) mass is 332 g/mol. The molecule has 1 N–H and O–H groups in total. The second-order valence-electron chi connectivity index (χ2n) is 5.49. The van der Waals surface area contributed by atoms with E-state index in [0.717, 1.165) is 12.1 Å². The summed E-state index contributed by atoms with van der Waals surface area (Å²) < 4.78 is 39.0. The van der Waals surface area contributed by atoms with Crippen LogP contribution < -0.4 is 5.32 Å². The van der Waals surface area contributed by atoms with Crippen molar-refractivity contribution in [2.75, 3.05) is 46.0 Å². The zero-order valence-corrected chi connectivity index (χ0v) is 13.6. The molecule has 8 heteroatoms. The second kappa shape index (κ2) is 5.94. The van der Waals surface area contributed by atoms with Crippen molar-refractivity contribution in [3.05, 3.63) is 17.0 Å². The molecule has 0 aliphatic carbocycles. The standard InChI is InChI=1S/C13H20N2O4S2/c1-11-2-7-20-12(11)21(16,17)15-4-6-19-13(9-15)8-14-3-5-18-10-13/h2,7,14H,3-6,8-10H2,1H3/t13-/m0/s1. The van der Waals surface area contributed by atoms with Crippen molar-refractivity contribution in [1.29, 1.82) is 0 Å². The lowest BCUT2D eigenvalue weighted by Crippen LogP contribution is -2.59. The fourth-order valence-corrected chi connectivity index (χ4v) is 5.77. The number of nitrogens with one attached hydrogen (secondary N) is 1. The number of hydrogen-bond donors (Lipinski definition) is 1. The van der Waals surface area contributed by atoms with Gasteiger partial charge >= 0.3 is 0 Å². The van der Waals surface area contributed by atoms with Gasteiger partial charge in [0.05, 0.1) is 19.8 Å². The Kier molecular flexibility index (Phi) is 4.35. The maximum atomic E-state index is 12.8. The number of rotatable bonds is 2. The molecule has 1 aromatic rings. The van der Waals surface area contributed by atoms with Gasteiger partial charge in [-0.2, -0.15) is 4.31 Å². The largest absolute Gasteiger partial charge is 0.377 e. The molecule has 3 rings (SSSR count). The van der Waals surface area contributed by atoms with Crippen LogP contribution in [0.1, 0.15) is 5.56 Å². The number of hydrogen-bond acceptors (Lipinski definition) is 6. The minimum atomic E-state index is -3.45. The van der Waals surface area contributed by atoms with Crippen molar-refractivity contribution in [2.45, 2.75) is 16.7 Å². The molecule has 1 spiro atoms. The van der Waals surface area contributed by atoms with Crippen LogP contribution in [-0.4, -0.2) is 64.3 Å². The fraction of sp³-hybridized carbons (Fsp3) is 0.692. The zero-order chi connectivity index (χ0) is 14.9. The van der Waals surface area contributed by atoms with Gasteiger partial charge in [0.1, 0.15) is 9.81 Å². The fourth-order valence-electron chi connectivity index (χ4n) is 2.72. The quantitative estimate of drug-likeness (QED) is 0.851. The first kappa shape index (κ1) is 15.4.